The van der Waals surface area contributed by atoms with Gasteiger partial charge in [0.1, 0.15) is 0 Å². The summed E-state index contributed by atoms with van der Waals surface area (Å²) in [6.45, 7) is 14.2. The van der Waals surface area contributed by atoms with Crippen LogP contribution in [0.4, 0.5) is 5.69 Å². The number of nitrogens with two attached hydrogens (primary N) is 1. The Morgan fingerprint density at radius 1 is 0.964 bits per heavy atom. The Hall–Kier alpha value is -5.10. The van der Waals surface area contributed by atoms with Gasteiger partial charge in [-0.1, -0.05) is 43.3 Å². The Bertz CT molecular complexity index is 2130. The number of carbonyl (C=O) groups is 2. The predicted octanol–water partition coefficient (Wildman–Crippen LogP) is 6.32. The molecular formula is C44H54N8O3. The highest BCUT2D eigenvalue weighted by Gasteiger charge is 2.26. The molecule has 2 aromatic heterocycles. The normalized spacial score (nSPS) is 15.5. The molecule has 0 unspecified atom stereocenters. The van der Waals surface area contributed by atoms with Gasteiger partial charge in [-0.05, 0) is 111 Å². The number of primary amides is 1. The second-order valence-electron chi connectivity index (χ2n) is 14.8. The van der Waals surface area contributed by atoms with Crippen molar-refractivity contribution >= 4 is 28.5 Å². The zero-order valence-electron chi connectivity index (χ0n) is 32.4. The first kappa shape index (κ1) is 38.2. The van der Waals surface area contributed by atoms with Crippen molar-refractivity contribution in [2.45, 2.75) is 78.7 Å². The third-order valence-corrected chi connectivity index (χ3v) is 11.0. The van der Waals surface area contributed by atoms with Crippen molar-refractivity contribution in [1.82, 2.24) is 29.9 Å². The van der Waals surface area contributed by atoms with E-state index >= 15 is 0 Å². The Kier molecular flexibility index (Phi) is 12.2. The SMILES string of the molecule is CCc1nc2c(cnn2CC)c(NC2CCOCC2)c1CN(Cc1cc(-c2cccc(CN3CCCNCC3)c2)ccc1C)C(=O)c1cccc(C(N)=O)c1. The summed E-state index contributed by atoms with van der Waals surface area (Å²) in [6, 6.07) is 22.3. The van der Waals surface area contributed by atoms with Gasteiger partial charge in [0.15, 0.2) is 5.65 Å². The summed E-state index contributed by atoms with van der Waals surface area (Å²) < 4.78 is 7.63. The first-order valence-electron chi connectivity index (χ1n) is 19.8. The average Bonchev–Trinajstić information content (AvgIpc) is 3.45. The zero-order valence-corrected chi connectivity index (χ0v) is 32.4. The number of carbonyl (C=O) groups excluding carboxylic acids is 2. The molecule has 4 heterocycles. The lowest BCUT2D eigenvalue weighted by atomic mass is 9.97. The summed E-state index contributed by atoms with van der Waals surface area (Å²) in [7, 11) is 0. The molecule has 55 heavy (non-hydrogen) atoms. The Balaban J connectivity index is 1.27. The minimum absolute atomic E-state index is 0.190. The van der Waals surface area contributed by atoms with Crippen LogP contribution in [0.5, 0.6) is 0 Å². The van der Waals surface area contributed by atoms with E-state index in [9.17, 15) is 9.59 Å². The number of aryl methyl sites for hydroxylation is 3. The minimum Gasteiger partial charge on any atom is -0.381 e. The van der Waals surface area contributed by atoms with Crippen molar-refractivity contribution in [3.05, 3.63) is 112 Å². The second kappa shape index (κ2) is 17.6. The number of aromatic nitrogens is 3. The van der Waals surface area contributed by atoms with Crippen LogP contribution in [-0.4, -0.2) is 81.8 Å². The highest BCUT2D eigenvalue weighted by molar-refractivity contribution is 5.99. The number of anilines is 1. The number of hydrogen-bond acceptors (Lipinski definition) is 8. The molecule has 0 saturated carbocycles. The van der Waals surface area contributed by atoms with Crippen molar-refractivity contribution in [3.8, 4) is 11.1 Å². The molecular weight excluding hydrogens is 689 g/mol. The molecule has 0 aliphatic carbocycles. The highest BCUT2D eigenvalue weighted by atomic mass is 16.5. The van der Waals surface area contributed by atoms with Crippen LogP contribution >= 0.6 is 0 Å². The molecule has 11 nitrogen and oxygen atoms in total. The fraction of sp³-hybridized carbons (Fsp3) is 0.409. The van der Waals surface area contributed by atoms with Crippen molar-refractivity contribution in [2.24, 2.45) is 5.73 Å². The van der Waals surface area contributed by atoms with Crippen molar-refractivity contribution < 1.29 is 14.3 Å². The predicted molar refractivity (Wildman–Crippen MR) is 218 cm³/mol. The third kappa shape index (κ3) is 8.91. The van der Waals surface area contributed by atoms with Crippen LogP contribution in [0, 0.1) is 6.92 Å². The molecule has 0 atom stereocenters. The fourth-order valence-electron chi connectivity index (χ4n) is 7.85. The van der Waals surface area contributed by atoms with Gasteiger partial charge in [-0.2, -0.15) is 5.10 Å². The van der Waals surface area contributed by atoms with Gasteiger partial charge >= 0.3 is 0 Å². The lowest BCUT2D eigenvalue weighted by Gasteiger charge is -2.30. The van der Waals surface area contributed by atoms with Crippen molar-refractivity contribution in [3.63, 3.8) is 0 Å². The Labute approximate surface area is 324 Å². The molecule has 2 saturated heterocycles. The van der Waals surface area contributed by atoms with E-state index in [2.05, 4.69) is 78.8 Å². The monoisotopic (exact) mass is 742 g/mol. The number of nitrogens with one attached hydrogen (secondary N) is 2. The van der Waals surface area contributed by atoms with E-state index in [4.69, 9.17) is 20.6 Å². The van der Waals surface area contributed by atoms with Gasteiger partial charge < -0.3 is 26.0 Å². The molecule has 7 rings (SSSR count). The molecule has 2 amide bonds. The van der Waals surface area contributed by atoms with Crippen LogP contribution < -0.4 is 16.4 Å². The Morgan fingerprint density at radius 2 is 1.76 bits per heavy atom. The lowest BCUT2D eigenvalue weighted by molar-refractivity contribution is 0.0729. The highest BCUT2D eigenvalue weighted by Crippen LogP contribution is 2.34. The lowest BCUT2D eigenvalue weighted by Crippen LogP contribution is -2.33. The third-order valence-electron chi connectivity index (χ3n) is 11.0. The number of fused-ring (bicyclic) bond motifs is 1. The molecule has 0 spiro atoms. The molecule has 2 aliphatic rings. The molecule has 0 radical (unpaired) electrons. The number of rotatable bonds is 13. The summed E-state index contributed by atoms with van der Waals surface area (Å²) in [5.74, 6) is -0.761. The van der Waals surface area contributed by atoms with E-state index in [1.54, 1.807) is 24.3 Å². The molecule has 4 N–H and O–H groups in total. The van der Waals surface area contributed by atoms with Crippen molar-refractivity contribution in [1.29, 1.82) is 0 Å². The summed E-state index contributed by atoms with van der Waals surface area (Å²) in [5.41, 5.74) is 15.8. The van der Waals surface area contributed by atoms with Gasteiger partial charge in [-0.3, -0.25) is 14.5 Å². The van der Waals surface area contributed by atoms with Crippen LogP contribution in [0.1, 0.15) is 81.8 Å². The van der Waals surface area contributed by atoms with Crippen LogP contribution in [0.3, 0.4) is 0 Å². The first-order valence-corrected chi connectivity index (χ1v) is 19.8. The van der Waals surface area contributed by atoms with E-state index in [0.717, 1.165) is 102 Å². The average molecular weight is 743 g/mol. The molecule has 2 fully saturated rings. The van der Waals surface area contributed by atoms with Gasteiger partial charge in [0.2, 0.25) is 5.91 Å². The van der Waals surface area contributed by atoms with Crippen molar-refractivity contribution in [2.75, 3.05) is 44.7 Å². The molecule has 5 aromatic rings. The van der Waals surface area contributed by atoms with Gasteiger partial charge in [-0.15, -0.1) is 0 Å². The van der Waals surface area contributed by atoms with Crippen LogP contribution in [0.25, 0.3) is 22.2 Å². The molecule has 0 bridgehead atoms. The van der Waals surface area contributed by atoms with Gasteiger partial charge in [0, 0.05) is 74.4 Å². The van der Waals surface area contributed by atoms with Gasteiger partial charge in [-0.25, -0.2) is 9.67 Å². The van der Waals surface area contributed by atoms with Gasteiger partial charge in [0.05, 0.1) is 23.8 Å². The second-order valence-corrected chi connectivity index (χ2v) is 14.8. The quantitative estimate of drug-likeness (QED) is 0.128. The maximum atomic E-state index is 14.8. The van der Waals surface area contributed by atoms with E-state index in [1.165, 1.54) is 5.56 Å². The summed E-state index contributed by atoms with van der Waals surface area (Å²) in [6.07, 6.45) is 5.50. The topological polar surface area (TPSA) is 131 Å². The number of amides is 2. The maximum Gasteiger partial charge on any atom is 0.254 e. The first-order chi connectivity index (χ1) is 26.8. The van der Waals surface area contributed by atoms with E-state index in [1.807, 2.05) is 15.8 Å². The number of nitrogens with zero attached hydrogens (tertiary/aromatic N) is 5. The summed E-state index contributed by atoms with van der Waals surface area (Å²) in [5, 5.41) is 13.0. The molecule has 3 aromatic carbocycles. The Morgan fingerprint density at radius 3 is 2.56 bits per heavy atom. The van der Waals surface area contributed by atoms with Gasteiger partial charge in [0.25, 0.3) is 5.91 Å². The van der Waals surface area contributed by atoms with E-state index in [-0.39, 0.29) is 11.9 Å². The van der Waals surface area contributed by atoms with Crippen LogP contribution in [0.2, 0.25) is 0 Å². The molecule has 288 valence electrons. The largest absolute Gasteiger partial charge is 0.381 e. The summed E-state index contributed by atoms with van der Waals surface area (Å²) >= 11 is 0. The number of benzene rings is 3. The molecule has 11 heteroatoms. The summed E-state index contributed by atoms with van der Waals surface area (Å²) in [4.78, 5) is 36.6. The number of pyridine rings is 1. The fourth-order valence-corrected chi connectivity index (χ4v) is 7.85. The van der Waals surface area contributed by atoms with Crippen LogP contribution in [-0.2, 0) is 37.3 Å². The zero-order chi connectivity index (χ0) is 38.3. The number of ether oxygens (including phenoxy) is 1. The minimum atomic E-state index is -0.571. The molecule has 2 aliphatic heterocycles. The number of hydrogen-bond donors (Lipinski definition) is 3. The smallest absolute Gasteiger partial charge is 0.254 e. The van der Waals surface area contributed by atoms with E-state index < -0.39 is 5.91 Å². The standard InChI is InChI=1S/C44H54N8O3/c1-4-40-39(41(48-37-15-21-55-22-16-37)38-26-47-52(5-2)43(38)49-40)29-51(44(54)35-12-7-11-34(25-35)42(45)53)28-36-24-33(14-13-30(36)3)32-10-6-9-31(23-32)27-50-19-8-17-46-18-20-50/h6-7,9-14,23-26,37,46H,4-5,8,15-22,27-29H2,1-3H3,(H2,45,53)(H,48,49). The van der Waals surface area contributed by atoms with Crippen LogP contribution in [0.15, 0.2) is 72.9 Å². The maximum absolute atomic E-state index is 14.8. The van der Waals surface area contributed by atoms with E-state index in [0.29, 0.717) is 50.4 Å².